The molecule has 29 heavy (non-hydrogen) atoms. The highest BCUT2D eigenvalue weighted by atomic mass is 32.2. The molecule has 6 heteroatoms. The first kappa shape index (κ1) is 19.7. The Hall–Kier alpha value is -2.57. The van der Waals surface area contributed by atoms with Crippen LogP contribution in [-0.2, 0) is 4.79 Å². The third-order valence-corrected chi connectivity index (χ3v) is 7.05. The van der Waals surface area contributed by atoms with Gasteiger partial charge in [-0.05, 0) is 29.1 Å². The lowest BCUT2D eigenvalue weighted by Crippen LogP contribution is -2.51. The predicted molar refractivity (Wildman–Crippen MR) is 118 cm³/mol. The van der Waals surface area contributed by atoms with E-state index < -0.39 is 0 Å². The van der Waals surface area contributed by atoms with Crippen molar-refractivity contribution in [3.05, 3.63) is 88.6 Å². The molecular weight excluding hydrogens is 400 g/mol. The molecule has 1 aromatic heterocycles. The minimum atomic E-state index is -0.293. The Morgan fingerprint density at radius 1 is 0.793 bits per heavy atom. The lowest BCUT2D eigenvalue weighted by Gasteiger charge is -2.36. The average Bonchev–Trinajstić information content (AvgIpc) is 3.33. The number of benzene rings is 2. The normalized spacial score (nSPS) is 15.2. The molecule has 2 amide bonds. The summed E-state index contributed by atoms with van der Waals surface area (Å²) >= 11 is 3.04. The first-order valence-electron chi connectivity index (χ1n) is 9.60. The smallest absolute Gasteiger partial charge is 0.264 e. The van der Waals surface area contributed by atoms with Crippen molar-refractivity contribution in [2.45, 2.75) is 10.1 Å². The first-order chi connectivity index (χ1) is 14.2. The van der Waals surface area contributed by atoms with E-state index in [1.54, 1.807) is 11.8 Å². The highest BCUT2D eigenvalue weighted by Gasteiger charge is 2.31. The topological polar surface area (TPSA) is 40.6 Å². The van der Waals surface area contributed by atoms with E-state index in [9.17, 15) is 9.59 Å². The number of carbonyl (C=O) groups is 2. The summed E-state index contributed by atoms with van der Waals surface area (Å²) in [5, 5.41) is 1.62. The number of carbonyl (C=O) groups excluding carboxylic acids is 2. The molecule has 148 valence electrons. The van der Waals surface area contributed by atoms with Crippen molar-refractivity contribution in [3.8, 4) is 0 Å². The van der Waals surface area contributed by atoms with Gasteiger partial charge < -0.3 is 9.80 Å². The molecule has 3 aromatic rings. The van der Waals surface area contributed by atoms with Crippen LogP contribution in [0.3, 0.4) is 0 Å². The zero-order chi connectivity index (χ0) is 20.1. The van der Waals surface area contributed by atoms with Gasteiger partial charge in [0.05, 0.1) is 4.88 Å². The van der Waals surface area contributed by atoms with Crippen LogP contribution in [0.1, 0.15) is 20.5 Å². The highest BCUT2D eigenvalue weighted by molar-refractivity contribution is 8.00. The van der Waals surface area contributed by atoms with Crippen molar-refractivity contribution in [1.82, 2.24) is 9.80 Å². The number of amides is 2. The molecule has 1 saturated heterocycles. The van der Waals surface area contributed by atoms with E-state index in [-0.39, 0.29) is 17.1 Å². The number of nitrogens with zero attached hydrogens (tertiary/aromatic N) is 2. The molecule has 1 atom stereocenters. The monoisotopic (exact) mass is 422 g/mol. The molecule has 1 aliphatic rings. The van der Waals surface area contributed by atoms with Gasteiger partial charge >= 0.3 is 0 Å². The van der Waals surface area contributed by atoms with Crippen LogP contribution in [0.4, 0.5) is 0 Å². The van der Waals surface area contributed by atoms with Gasteiger partial charge in [0.2, 0.25) is 5.91 Å². The summed E-state index contributed by atoms with van der Waals surface area (Å²) in [4.78, 5) is 31.5. The molecule has 1 aliphatic heterocycles. The number of thioether (sulfide) groups is 1. The van der Waals surface area contributed by atoms with Crippen LogP contribution >= 0.6 is 23.1 Å². The summed E-state index contributed by atoms with van der Waals surface area (Å²) in [6.45, 7) is 2.27. The minimum absolute atomic E-state index is 0.0605. The Labute approximate surface area is 179 Å². The maximum atomic E-state index is 13.4. The molecule has 0 spiro atoms. The quantitative estimate of drug-likeness (QED) is 0.566. The number of hydrogen-bond acceptors (Lipinski definition) is 4. The molecule has 1 fully saturated rings. The van der Waals surface area contributed by atoms with Gasteiger partial charge in [0.15, 0.2) is 0 Å². The van der Waals surface area contributed by atoms with Crippen LogP contribution in [-0.4, -0.2) is 47.8 Å². The Morgan fingerprint density at radius 2 is 1.41 bits per heavy atom. The minimum Gasteiger partial charge on any atom is -0.338 e. The Kier molecular flexibility index (Phi) is 6.32. The molecular formula is C23H22N2O2S2. The standard InChI is InChI=1S/C23H22N2O2S2/c26-22(20-12-7-17-28-20)24-13-15-25(16-14-24)23(27)21(18-8-3-1-4-9-18)29-19-10-5-2-6-11-19/h1-12,17,21H,13-16H2. The molecule has 4 nitrogen and oxygen atoms in total. The van der Waals surface area contributed by atoms with Crippen molar-refractivity contribution in [2.24, 2.45) is 0 Å². The van der Waals surface area contributed by atoms with Crippen LogP contribution in [0, 0.1) is 0 Å². The summed E-state index contributed by atoms with van der Waals surface area (Å²) in [5.74, 6) is 0.165. The summed E-state index contributed by atoms with van der Waals surface area (Å²) in [6, 6.07) is 23.7. The maximum absolute atomic E-state index is 13.4. The molecule has 2 aromatic carbocycles. The third kappa shape index (κ3) is 4.71. The van der Waals surface area contributed by atoms with E-state index in [1.807, 2.05) is 88.0 Å². The summed E-state index contributed by atoms with van der Waals surface area (Å²) < 4.78 is 0. The van der Waals surface area contributed by atoms with E-state index in [0.717, 1.165) is 15.3 Å². The average molecular weight is 423 g/mol. The number of rotatable bonds is 5. The Bertz CT molecular complexity index is 938. The fraction of sp³-hybridized carbons (Fsp3) is 0.217. The van der Waals surface area contributed by atoms with Gasteiger partial charge in [0.1, 0.15) is 5.25 Å². The summed E-state index contributed by atoms with van der Waals surface area (Å²) in [7, 11) is 0. The molecule has 0 N–H and O–H groups in total. The fourth-order valence-electron chi connectivity index (χ4n) is 3.38. The van der Waals surface area contributed by atoms with Gasteiger partial charge in [-0.3, -0.25) is 9.59 Å². The second-order valence-corrected chi connectivity index (χ2v) is 8.94. The van der Waals surface area contributed by atoms with Crippen molar-refractivity contribution in [1.29, 1.82) is 0 Å². The molecule has 0 radical (unpaired) electrons. The van der Waals surface area contributed by atoms with Crippen molar-refractivity contribution >= 4 is 34.9 Å². The van der Waals surface area contributed by atoms with Gasteiger partial charge in [-0.2, -0.15) is 0 Å². The van der Waals surface area contributed by atoms with Crippen LogP contribution in [0.15, 0.2) is 83.1 Å². The first-order valence-corrected chi connectivity index (χ1v) is 11.4. The van der Waals surface area contributed by atoms with Crippen LogP contribution in [0.2, 0.25) is 0 Å². The molecule has 0 saturated carbocycles. The SMILES string of the molecule is O=C(c1cccs1)N1CCN(C(=O)C(Sc2ccccc2)c2ccccc2)CC1. The fourth-order valence-corrected chi connectivity index (χ4v) is 5.20. The number of piperazine rings is 1. The highest BCUT2D eigenvalue weighted by Crippen LogP contribution is 2.36. The zero-order valence-electron chi connectivity index (χ0n) is 15.9. The van der Waals surface area contributed by atoms with Gasteiger partial charge in [-0.15, -0.1) is 23.1 Å². The second kappa shape index (κ2) is 9.29. The van der Waals surface area contributed by atoms with Gasteiger partial charge in [-0.1, -0.05) is 54.6 Å². The lowest BCUT2D eigenvalue weighted by molar-refractivity contribution is -0.132. The van der Waals surface area contributed by atoms with Crippen molar-refractivity contribution < 1.29 is 9.59 Å². The van der Waals surface area contributed by atoms with Crippen LogP contribution in [0.5, 0.6) is 0 Å². The van der Waals surface area contributed by atoms with Gasteiger partial charge in [0.25, 0.3) is 5.91 Å². The molecule has 4 rings (SSSR count). The molecule has 1 unspecified atom stereocenters. The summed E-state index contributed by atoms with van der Waals surface area (Å²) in [6.07, 6.45) is 0. The van der Waals surface area contributed by atoms with Crippen LogP contribution in [0.25, 0.3) is 0 Å². The zero-order valence-corrected chi connectivity index (χ0v) is 17.6. The summed E-state index contributed by atoms with van der Waals surface area (Å²) in [5.41, 5.74) is 1.00. The Balaban J connectivity index is 1.46. The number of hydrogen-bond donors (Lipinski definition) is 0. The van der Waals surface area contributed by atoms with Gasteiger partial charge in [-0.25, -0.2) is 0 Å². The Morgan fingerprint density at radius 3 is 2.03 bits per heavy atom. The van der Waals surface area contributed by atoms with E-state index >= 15 is 0 Å². The van der Waals surface area contributed by atoms with Crippen LogP contribution < -0.4 is 0 Å². The third-order valence-electron chi connectivity index (χ3n) is 4.93. The number of thiophene rings is 1. The van der Waals surface area contributed by atoms with Crippen molar-refractivity contribution in [3.63, 3.8) is 0 Å². The largest absolute Gasteiger partial charge is 0.338 e. The van der Waals surface area contributed by atoms with E-state index in [4.69, 9.17) is 0 Å². The molecule has 0 aliphatic carbocycles. The maximum Gasteiger partial charge on any atom is 0.264 e. The van der Waals surface area contributed by atoms with Crippen molar-refractivity contribution in [2.75, 3.05) is 26.2 Å². The molecule has 2 heterocycles. The lowest BCUT2D eigenvalue weighted by atomic mass is 10.1. The second-order valence-electron chi connectivity index (χ2n) is 6.82. The van der Waals surface area contributed by atoms with E-state index in [1.165, 1.54) is 11.3 Å². The van der Waals surface area contributed by atoms with Gasteiger partial charge in [0, 0.05) is 31.1 Å². The predicted octanol–water partition coefficient (Wildman–Crippen LogP) is 4.57. The van der Waals surface area contributed by atoms with E-state index in [0.29, 0.717) is 26.2 Å². The van der Waals surface area contributed by atoms with E-state index in [2.05, 4.69) is 0 Å². The molecule has 0 bridgehead atoms.